The zero-order chi connectivity index (χ0) is 13.3. The van der Waals surface area contributed by atoms with Crippen molar-refractivity contribution in [3.8, 4) is 5.75 Å². The molecule has 6 heteroatoms. The van der Waals surface area contributed by atoms with E-state index in [4.69, 9.17) is 22.1 Å². The number of hydrogen-bond acceptors (Lipinski definition) is 4. The third-order valence-corrected chi connectivity index (χ3v) is 4.37. The molecule has 0 radical (unpaired) electrons. The Morgan fingerprint density at radius 3 is 2.47 bits per heavy atom. The molecule has 1 rings (SSSR count). The second kappa shape index (κ2) is 4.84. The SMILES string of the molecule is COc1ccc(Cl)cc1S(=O)(=O)CC(C)(C)N. The van der Waals surface area contributed by atoms with Gasteiger partial charge in [-0.25, -0.2) is 8.42 Å². The van der Waals surface area contributed by atoms with Crippen molar-refractivity contribution in [2.45, 2.75) is 24.3 Å². The predicted molar refractivity (Wildman–Crippen MR) is 68.3 cm³/mol. The summed E-state index contributed by atoms with van der Waals surface area (Å²) in [6.07, 6.45) is 0. The first-order valence-electron chi connectivity index (χ1n) is 5.01. The summed E-state index contributed by atoms with van der Waals surface area (Å²) in [5.74, 6) is 0.107. The molecule has 0 spiro atoms. The average molecular weight is 278 g/mol. The summed E-state index contributed by atoms with van der Waals surface area (Å²) in [6.45, 7) is 3.31. The van der Waals surface area contributed by atoms with Crippen molar-refractivity contribution in [1.29, 1.82) is 0 Å². The van der Waals surface area contributed by atoms with Crippen LogP contribution in [0, 0.1) is 0 Å². The molecule has 2 N–H and O–H groups in total. The topological polar surface area (TPSA) is 69.4 Å². The van der Waals surface area contributed by atoms with Gasteiger partial charge in [-0.15, -0.1) is 0 Å². The second-order valence-corrected chi connectivity index (χ2v) is 6.94. The average Bonchev–Trinajstić information content (AvgIpc) is 2.14. The van der Waals surface area contributed by atoms with Crippen LogP contribution < -0.4 is 10.5 Å². The number of benzene rings is 1. The van der Waals surface area contributed by atoms with Crippen LogP contribution >= 0.6 is 11.6 Å². The van der Waals surface area contributed by atoms with E-state index in [2.05, 4.69) is 0 Å². The zero-order valence-electron chi connectivity index (χ0n) is 10.0. The van der Waals surface area contributed by atoms with Gasteiger partial charge in [0.25, 0.3) is 0 Å². The Labute approximate surface area is 107 Å². The van der Waals surface area contributed by atoms with Gasteiger partial charge in [0.2, 0.25) is 0 Å². The molecule has 1 aromatic carbocycles. The van der Waals surface area contributed by atoms with Crippen LogP contribution in [0.5, 0.6) is 5.75 Å². The van der Waals surface area contributed by atoms with Crippen molar-refractivity contribution >= 4 is 21.4 Å². The molecule has 0 heterocycles. The summed E-state index contributed by atoms with van der Waals surface area (Å²) in [5, 5.41) is 0.346. The van der Waals surface area contributed by atoms with Gasteiger partial charge in [-0.1, -0.05) is 11.6 Å². The highest BCUT2D eigenvalue weighted by atomic mass is 35.5. The van der Waals surface area contributed by atoms with E-state index >= 15 is 0 Å². The van der Waals surface area contributed by atoms with E-state index in [-0.39, 0.29) is 16.4 Å². The number of methoxy groups -OCH3 is 1. The van der Waals surface area contributed by atoms with E-state index in [1.807, 2.05) is 0 Å². The maximum Gasteiger partial charge on any atom is 0.183 e. The van der Waals surface area contributed by atoms with Gasteiger partial charge in [0.1, 0.15) is 10.6 Å². The fraction of sp³-hybridized carbons (Fsp3) is 0.455. The van der Waals surface area contributed by atoms with Gasteiger partial charge in [0.15, 0.2) is 9.84 Å². The lowest BCUT2D eigenvalue weighted by Gasteiger charge is -2.19. The largest absolute Gasteiger partial charge is 0.495 e. The lowest BCUT2D eigenvalue weighted by atomic mass is 10.1. The van der Waals surface area contributed by atoms with Crippen LogP contribution in [-0.4, -0.2) is 26.8 Å². The molecule has 0 aliphatic heterocycles. The molecule has 96 valence electrons. The molecule has 0 saturated carbocycles. The van der Waals surface area contributed by atoms with Crippen LogP contribution in [0.1, 0.15) is 13.8 Å². The Balaban J connectivity index is 3.28. The standard InChI is InChI=1S/C11H16ClNO3S/c1-11(2,13)7-17(14,15)10-6-8(12)4-5-9(10)16-3/h4-6H,7,13H2,1-3H3. The van der Waals surface area contributed by atoms with Gasteiger partial charge < -0.3 is 10.5 Å². The molecule has 4 nitrogen and oxygen atoms in total. The first-order valence-corrected chi connectivity index (χ1v) is 7.04. The first kappa shape index (κ1) is 14.3. The summed E-state index contributed by atoms with van der Waals surface area (Å²) in [6, 6.07) is 4.48. The lowest BCUT2D eigenvalue weighted by molar-refractivity contribution is 0.402. The smallest absolute Gasteiger partial charge is 0.183 e. The molecule has 0 amide bonds. The van der Waals surface area contributed by atoms with Crippen molar-refractivity contribution in [2.24, 2.45) is 5.73 Å². The number of nitrogens with two attached hydrogens (primary N) is 1. The van der Waals surface area contributed by atoms with Crippen LogP contribution in [-0.2, 0) is 9.84 Å². The van der Waals surface area contributed by atoms with Crippen LogP contribution in [0.2, 0.25) is 5.02 Å². The molecule has 0 aliphatic carbocycles. The zero-order valence-corrected chi connectivity index (χ0v) is 11.6. The maximum atomic E-state index is 12.2. The van der Waals surface area contributed by atoms with E-state index in [1.54, 1.807) is 19.9 Å². The van der Waals surface area contributed by atoms with Crippen molar-refractivity contribution in [3.05, 3.63) is 23.2 Å². The summed E-state index contributed by atoms with van der Waals surface area (Å²) in [7, 11) is -2.11. The maximum absolute atomic E-state index is 12.2. The van der Waals surface area contributed by atoms with Gasteiger partial charge in [-0.05, 0) is 32.0 Å². The third-order valence-electron chi connectivity index (χ3n) is 2.02. The molecule has 0 aliphatic rings. The van der Waals surface area contributed by atoms with Crippen molar-refractivity contribution < 1.29 is 13.2 Å². The van der Waals surface area contributed by atoms with Crippen molar-refractivity contribution in [2.75, 3.05) is 12.9 Å². The van der Waals surface area contributed by atoms with E-state index in [0.717, 1.165) is 0 Å². The van der Waals surface area contributed by atoms with Gasteiger partial charge in [-0.3, -0.25) is 0 Å². The minimum absolute atomic E-state index is 0.0750. The molecule has 0 fully saturated rings. The van der Waals surface area contributed by atoms with Crippen LogP contribution in [0.4, 0.5) is 0 Å². The number of sulfone groups is 1. The minimum atomic E-state index is -3.52. The van der Waals surface area contributed by atoms with Gasteiger partial charge >= 0.3 is 0 Å². The van der Waals surface area contributed by atoms with E-state index in [9.17, 15) is 8.42 Å². The van der Waals surface area contributed by atoms with Gasteiger partial charge in [0.05, 0.1) is 12.9 Å². The molecule has 0 unspecified atom stereocenters. The van der Waals surface area contributed by atoms with Crippen molar-refractivity contribution in [1.82, 2.24) is 0 Å². The molecule has 0 saturated heterocycles. The first-order chi connectivity index (χ1) is 7.65. The highest BCUT2D eigenvalue weighted by molar-refractivity contribution is 7.91. The Hall–Kier alpha value is -0.780. The predicted octanol–water partition coefficient (Wildman–Crippen LogP) is 1.86. The normalized spacial score (nSPS) is 12.5. The minimum Gasteiger partial charge on any atom is -0.495 e. The lowest BCUT2D eigenvalue weighted by Crippen LogP contribution is -2.39. The Bertz CT molecular complexity index is 506. The fourth-order valence-electron chi connectivity index (χ4n) is 1.46. The number of ether oxygens (including phenoxy) is 1. The second-order valence-electron chi connectivity index (χ2n) is 4.54. The highest BCUT2D eigenvalue weighted by Crippen LogP contribution is 2.28. The van der Waals surface area contributed by atoms with Gasteiger partial charge in [-0.2, -0.15) is 0 Å². The highest BCUT2D eigenvalue weighted by Gasteiger charge is 2.26. The monoisotopic (exact) mass is 277 g/mol. The third kappa shape index (κ3) is 3.87. The van der Waals surface area contributed by atoms with Crippen LogP contribution in [0.3, 0.4) is 0 Å². The fourth-order valence-corrected chi connectivity index (χ4v) is 3.60. The number of halogens is 1. The summed E-state index contributed by atoms with van der Waals surface area (Å²) in [4.78, 5) is 0.0750. The summed E-state index contributed by atoms with van der Waals surface area (Å²) < 4.78 is 29.3. The Morgan fingerprint density at radius 2 is 2.00 bits per heavy atom. The van der Waals surface area contributed by atoms with E-state index in [0.29, 0.717) is 5.02 Å². The van der Waals surface area contributed by atoms with E-state index in [1.165, 1.54) is 19.2 Å². The molecule has 1 aromatic rings. The Morgan fingerprint density at radius 1 is 1.41 bits per heavy atom. The summed E-state index contributed by atoms with van der Waals surface area (Å²) in [5.41, 5.74) is 4.92. The molecule has 17 heavy (non-hydrogen) atoms. The van der Waals surface area contributed by atoms with Crippen LogP contribution in [0.25, 0.3) is 0 Å². The molecular weight excluding hydrogens is 262 g/mol. The number of rotatable bonds is 4. The van der Waals surface area contributed by atoms with Crippen molar-refractivity contribution in [3.63, 3.8) is 0 Å². The molecule has 0 atom stereocenters. The summed E-state index contributed by atoms with van der Waals surface area (Å²) >= 11 is 5.80. The number of hydrogen-bond donors (Lipinski definition) is 1. The van der Waals surface area contributed by atoms with Crippen LogP contribution in [0.15, 0.2) is 23.1 Å². The van der Waals surface area contributed by atoms with Gasteiger partial charge in [0, 0.05) is 10.6 Å². The molecule has 0 aromatic heterocycles. The molecular formula is C11H16ClNO3S. The quantitative estimate of drug-likeness (QED) is 0.912. The Kier molecular flexibility index (Phi) is 4.06. The molecule has 0 bridgehead atoms. The van der Waals surface area contributed by atoms with E-state index < -0.39 is 15.4 Å².